The number of rotatable bonds is 6. The van der Waals surface area contributed by atoms with Gasteiger partial charge in [0.1, 0.15) is 10.7 Å². The standard InChI is InChI=1S/C23H22N2O3S/c1-14-15(2)29-22-21(14)23(28)25(12-6-11-20(26)27)19(24-22)13-17-9-5-8-16-7-3-4-10-18(16)17/h3-5,7-10H,6,11-13H2,1-2H3,(H,26,27). The van der Waals surface area contributed by atoms with Gasteiger partial charge in [0, 0.05) is 24.3 Å². The first-order valence-electron chi connectivity index (χ1n) is 9.63. The van der Waals surface area contributed by atoms with Crippen LogP contribution in [0.3, 0.4) is 0 Å². The molecular formula is C23H22N2O3S. The minimum atomic E-state index is -0.856. The van der Waals surface area contributed by atoms with Crippen molar-refractivity contribution in [3.8, 4) is 0 Å². The highest BCUT2D eigenvalue weighted by Gasteiger charge is 2.17. The van der Waals surface area contributed by atoms with E-state index in [1.165, 1.54) is 0 Å². The number of aromatic nitrogens is 2. The monoisotopic (exact) mass is 406 g/mol. The number of hydrogen-bond donors (Lipinski definition) is 1. The number of hydrogen-bond acceptors (Lipinski definition) is 4. The smallest absolute Gasteiger partial charge is 0.303 e. The molecule has 0 aliphatic rings. The van der Waals surface area contributed by atoms with E-state index in [4.69, 9.17) is 10.1 Å². The zero-order chi connectivity index (χ0) is 20.5. The molecule has 6 heteroatoms. The quantitative estimate of drug-likeness (QED) is 0.504. The molecule has 0 unspecified atom stereocenters. The average Bonchev–Trinajstić information content (AvgIpc) is 2.98. The van der Waals surface area contributed by atoms with Crippen molar-refractivity contribution >= 4 is 38.3 Å². The van der Waals surface area contributed by atoms with Gasteiger partial charge in [0.25, 0.3) is 5.56 Å². The van der Waals surface area contributed by atoms with Crippen molar-refractivity contribution in [2.45, 2.75) is 39.7 Å². The normalized spacial score (nSPS) is 11.4. The summed E-state index contributed by atoms with van der Waals surface area (Å²) in [6.07, 6.45) is 0.947. The van der Waals surface area contributed by atoms with Gasteiger partial charge in [-0.15, -0.1) is 11.3 Å². The minimum Gasteiger partial charge on any atom is -0.481 e. The van der Waals surface area contributed by atoms with E-state index in [-0.39, 0.29) is 12.0 Å². The lowest BCUT2D eigenvalue weighted by atomic mass is 10.0. The molecule has 0 saturated heterocycles. The van der Waals surface area contributed by atoms with Crippen molar-refractivity contribution in [3.63, 3.8) is 0 Å². The van der Waals surface area contributed by atoms with Gasteiger partial charge in [-0.05, 0) is 42.2 Å². The van der Waals surface area contributed by atoms with Crippen LogP contribution >= 0.6 is 11.3 Å². The highest BCUT2D eigenvalue weighted by Crippen LogP contribution is 2.27. The van der Waals surface area contributed by atoms with Crippen molar-refractivity contribution in [3.05, 3.63) is 74.6 Å². The summed E-state index contributed by atoms with van der Waals surface area (Å²) in [5.41, 5.74) is 2.00. The van der Waals surface area contributed by atoms with Crippen molar-refractivity contribution in [1.29, 1.82) is 0 Å². The van der Waals surface area contributed by atoms with Gasteiger partial charge in [-0.1, -0.05) is 42.5 Å². The molecular weight excluding hydrogens is 384 g/mol. The van der Waals surface area contributed by atoms with E-state index in [9.17, 15) is 9.59 Å². The molecule has 0 spiro atoms. The van der Waals surface area contributed by atoms with Crippen LogP contribution < -0.4 is 5.56 Å². The van der Waals surface area contributed by atoms with Crippen molar-refractivity contribution < 1.29 is 9.90 Å². The first kappa shape index (κ1) is 19.3. The Kier molecular flexibility index (Phi) is 5.20. The van der Waals surface area contributed by atoms with Gasteiger partial charge >= 0.3 is 5.97 Å². The number of aliphatic carboxylic acids is 1. The molecule has 0 amide bonds. The predicted octanol–water partition coefficient (Wildman–Crippen LogP) is 4.68. The molecule has 0 saturated carbocycles. The van der Waals surface area contributed by atoms with Crippen molar-refractivity contribution in [2.75, 3.05) is 0 Å². The lowest BCUT2D eigenvalue weighted by Gasteiger charge is -2.13. The highest BCUT2D eigenvalue weighted by molar-refractivity contribution is 7.18. The molecule has 148 valence electrons. The molecule has 4 aromatic rings. The predicted molar refractivity (Wildman–Crippen MR) is 117 cm³/mol. The van der Waals surface area contributed by atoms with E-state index in [2.05, 4.69) is 24.3 Å². The number of thiophene rings is 1. The third kappa shape index (κ3) is 3.68. The lowest BCUT2D eigenvalue weighted by molar-refractivity contribution is -0.137. The molecule has 2 aromatic heterocycles. The molecule has 4 rings (SSSR count). The summed E-state index contributed by atoms with van der Waals surface area (Å²) in [6.45, 7) is 4.30. The summed E-state index contributed by atoms with van der Waals surface area (Å²) in [5.74, 6) is -0.171. The fraction of sp³-hybridized carbons (Fsp3) is 0.261. The summed E-state index contributed by atoms with van der Waals surface area (Å²) < 4.78 is 1.67. The summed E-state index contributed by atoms with van der Waals surface area (Å²) in [5, 5.41) is 11.9. The fourth-order valence-electron chi connectivity index (χ4n) is 3.74. The summed E-state index contributed by atoms with van der Waals surface area (Å²) in [4.78, 5) is 31.0. The van der Waals surface area contributed by atoms with Crippen molar-refractivity contribution in [2.24, 2.45) is 0 Å². The van der Waals surface area contributed by atoms with Crippen molar-refractivity contribution in [1.82, 2.24) is 9.55 Å². The van der Waals surface area contributed by atoms with E-state index in [0.717, 1.165) is 31.6 Å². The number of benzene rings is 2. The van der Waals surface area contributed by atoms with Gasteiger partial charge in [-0.2, -0.15) is 0 Å². The van der Waals surface area contributed by atoms with Crippen LogP contribution in [-0.4, -0.2) is 20.6 Å². The Bertz CT molecular complexity index is 1280. The van der Waals surface area contributed by atoms with Crippen LogP contribution in [0.25, 0.3) is 21.0 Å². The number of fused-ring (bicyclic) bond motifs is 2. The summed E-state index contributed by atoms with van der Waals surface area (Å²) >= 11 is 1.54. The molecule has 5 nitrogen and oxygen atoms in total. The lowest BCUT2D eigenvalue weighted by Crippen LogP contribution is -2.26. The topological polar surface area (TPSA) is 72.2 Å². The molecule has 2 heterocycles. The Morgan fingerprint density at radius 1 is 1.14 bits per heavy atom. The summed E-state index contributed by atoms with van der Waals surface area (Å²) in [6, 6.07) is 14.3. The van der Waals surface area contributed by atoms with Gasteiger partial charge in [0.05, 0.1) is 5.39 Å². The molecule has 0 atom stereocenters. The molecule has 29 heavy (non-hydrogen) atoms. The molecule has 0 radical (unpaired) electrons. The summed E-state index contributed by atoms with van der Waals surface area (Å²) in [7, 11) is 0. The van der Waals surface area contributed by atoms with Gasteiger partial charge in [0.15, 0.2) is 0 Å². The second-order valence-corrected chi connectivity index (χ2v) is 8.46. The molecule has 0 aliphatic heterocycles. The molecule has 0 aliphatic carbocycles. The third-order valence-corrected chi connectivity index (χ3v) is 6.47. The van der Waals surface area contributed by atoms with Gasteiger partial charge in [-0.3, -0.25) is 14.2 Å². The Labute approximate surface area is 172 Å². The van der Waals surface area contributed by atoms with Crippen LogP contribution in [0.1, 0.15) is 34.7 Å². The van der Waals surface area contributed by atoms with Crippen LogP contribution in [0.4, 0.5) is 0 Å². The van der Waals surface area contributed by atoms with Crippen LogP contribution in [0.2, 0.25) is 0 Å². The van der Waals surface area contributed by atoms with Crippen LogP contribution in [0.5, 0.6) is 0 Å². The Balaban J connectivity index is 1.85. The van der Waals surface area contributed by atoms with E-state index >= 15 is 0 Å². The maximum atomic E-state index is 13.3. The number of carboxylic acids is 1. The SMILES string of the molecule is Cc1sc2nc(Cc3cccc4ccccc34)n(CCCC(=O)O)c(=O)c2c1C. The van der Waals surface area contributed by atoms with E-state index in [1.54, 1.807) is 15.9 Å². The fourth-order valence-corrected chi connectivity index (χ4v) is 4.78. The zero-order valence-corrected chi connectivity index (χ0v) is 17.3. The molecule has 0 bridgehead atoms. The second-order valence-electron chi connectivity index (χ2n) is 7.26. The maximum Gasteiger partial charge on any atom is 0.303 e. The van der Waals surface area contributed by atoms with Gasteiger partial charge in [0.2, 0.25) is 0 Å². The molecule has 1 N–H and O–H groups in total. The number of carbonyl (C=O) groups is 1. The number of aryl methyl sites for hydroxylation is 2. The Hall–Kier alpha value is -2.99. The van der Waals surface area contributed by atoms with Gasteiger partial charge in [-0.25, -0.2) is 4.98 Å². The van der Waals surface area contributed by atoms with Crippen LogP contribution in [0, 0.1) is 13.8 Å². The van der Waals surface area contributed by atoms with E-state index in [1.807, 2.05) is 32.0 Å². The molecule has 0 fully saturated rings. The number of nitrogens with zero attached hydrogens (tertiary/aromatic N) is 2. The van der Waals surface area contributed by atoms with E-state index in [0.29, 0.717) is 30.6 Å². The third-order valence-electron chi connectivity index (χ3n) is 5.37. The Morgan fingerprint density at radius 3 is 2.69 bits per heavy atom. The van der Waals surface area contributed by atoms with Gasteiger partial charge < -0.3 is 5.11 Å². The van der Waals surface area contributed by atoms with E-state index < -0.39 is 5.97 Å². The first-order valence-corrected chi connectivity index (χ1v) is 10.4. The Morgan fingerprint density at radius 2 is 1.90 bits per heavy atom. The second kappa shape index (κ2) is 7.79. The highest BCUT2D eigenvalue weighted by atomic mass is 32.1. The van der Waals surface area contributed by atoms with Crippen LogP contribution in [-0.2, 0) is 17.8 Å². The largest absolute Gasteiger partial charge is 0.481 e. The minimum absolute atomic E-state index is 0.0276. The van der Waals surface area contributed by atoms with Crippen LogP contribution in [0.15, 0.2) is 47.3 Å². The zero-order valence-electron chi connectivity index (χ0n) is 16.4. The number of carboxylic acid groups (broad SMARTS) is 1. The molecule has 2 aromatic carbocycles. The maximum absolute atomic E-state index is 13.3. The average molecular weight is 407 g/mol. The first-order chi connectivity index (χ1) is 14.0.